The number of benzene rings is 3. The van der Waals surface area contributed by atoms with Crippen LogP contribution < -0.4 is 10.9 Å². The summed E-state index contributed by atoms with van der Waals surface area (Å²) in [5.41, 5.74) is 2.69. The van der Waals surface area contributed by atoms with E-state index in [4.69, 9.17) is 4.98 Å². The molecule has 0 saturated carbocycles. The number of aromatic nitrogens is 4. The molecule has 2 aromatic heterocycles. The second-order valence-corrected chi connectivity index (χ2v) is 8.05. The van der Waals surface area contributed by atoms with Gasteiger partial charge >= 0.3 is 0 Å². The molecular formula is C27H25N5O2. The Morgan fingerprint density at radius 1 is 0.853 bits per heavy atom. The molecular weight excluding hydrogens is 426 g/mol. The van der Waals surface area contributed by atoms with Gasteiger partial charge in [-0.25, -0.2) is 4.98 Å². The highest BCUT2D eigenvalue weighted by Crippen LogP contribution is 2.41. The van der Waals surface area contributed by atoms with Gasteiger partial charge < -0.3 is 10.4 Å². The molecule has 0 aliphatic heterocycles. The van der Waals surface area contributed by atoms with Crippen molar-refractivity contribution in [3.05, 3.63) is 124 Å². The molecule has 5 aromatic rings. The van der Waals surface area contributed by atoms with Gasteiger partial charge in [0.1, 0.15) is 5.54 Å². The van der Waals surface area contributed by atoms with E-state index in [9.17, 15) is 9.90 Å². The number of aliphatic hydroxyl groups excluding tert-OH is 1. The average Bonchev–Trinajstić information content (AvgIpc) is 3.32. The van der Waals surface area contributed by atoms with Crippen LogP contribution in [0.1, 0.15) is 16.7 Å². The number of rotatable bonds is 7. The molecule has 3 aromatic carbocycles. The zero-order valence-corrected chi connectivity index (χ0v) is 18.8. The molecule has 2 N–H and O–H groups in total. The largest absolute Gasteiger partial charge is 0.395 e. The molecule has 0 aliphatic carbocycles. The van der Waals surface area contributed by atoms with Crippen molar-refractivity contribution in [2.24, 2.45) is 7.05 Å². The minimum Gasteiger partial charge on any atom is -0.395 e. The smallest absolute Gasteiger partial charge is 0.282 e. The lowest BCUT2D eigenvalue weighted by atomic mass is 9.76. The van der Waals surface area contributed by atoms with E-state index in [1.807, 2.05) is 59.2 Å². The molecule has 0 radical (unpaired) electrons. The van der Waals surface area contributed by atoms with Crippen LogP contribution in [0, 0.1) is 0 Å². The van der Waals surface area contributed by atoms with Crippen LogP contribution in [0.3, 0.4) is 0 Å². The van der Waals surface area contributed by atoms with E-state index in [1.54, 1.807) is 13.4 Å². The lowest BCUT2D eigenvalue weighted by Crippen LogP contribution is -2.38. The van der Waals surface area contributed by atoms with E-state index >= 15 is 0 Å². The van der Waals surface area contributed by atoms with Crippen LogP contribution in [-0.4, -0.2) is 37.4 Å². The maximum Gasteiger partial charge on any atom is 0.282 e. The van der Waals surface area contributed by atoms with E-state index in [-0.39, 0.29) is 24.2 Å². The lowest BCUT2D eigenvalue weighted by molar-refractivity contribution is 0.310. The first-order valence-electron chi connectivity index (χ1n) is 11.1. The number of hydrogen-bond donors (Lipinski definition) is 2. The minimum absolute atomic E-state index is 0.0743. The van der Waals surface area contributed by atoms with Crippen LogP contribution in [0.2, 0.25) is 0 Å². The highest BCUT2D eigenvalue weighted by Gasteiger charge is 2.40. The van der Waals surface area contributed by atoms with E-state index in [2.05, 4.69) is 46.7 Å². The van der Waals surface area contributed by atoms with Crippen molar-refractivity contribution in [2.45, 2.75) is 5.54 Å². The Bertz CT molecular complexity index is 1360. The van der Waals surface area contributed by atoms with Gasteiger partial charge in [0.25, 0.3) is 5.56 Å². The monoisotopic (exact) mass is 451 g/mol. The maximum atomic E-state index is 13.2. The van der Waals surface area contributed by atoms with Crippen LogP contribution in [0.25, 0.3) is 11.2 Å². The van der Waals surface area contributed by atoms with Crippen molar-refractivity contribution in [1.29, 1.82) is 0 Å². The molecule has 0 saturated heterocycles. The topological polar surface area (TPSA) is 85.0 Å². The standard InChI is InChI=1S/C27H25N5O2/c1-31-25(34)23-24(30-26(31)28-17-18-33)32(19-29-23)27(20-11-5-2-6-12-20,21-13-7-3-8-14-21)22-15-9-4-10-16-22/h2-16,19,33H,17-18H2,1H3,(H,28,30). The average molecular weight is 452 g/mol. The second kappa shape index (κ2) is 8.96. The summed E-state index contributed by atoms with van der Waals surface area (Å²) in [4.78, 5) is 22.6. The molecule has 7 nitrogen and oxygen atoms in total. The Hall–Kier alpha value is -4.23. The summed E-state index contributed by atoms with van der Waals surface area (Å²) in [6, 6.07) is 30.5. The van der Waals surface area contributed by atoms with Crippen molar-refractivity contribution in [2.75, 3.05) is 18.5 Å². The zero-order chi connectivity index (χ0) is 23.5. The van der Waals surface area contributed by atoms with Gasteiger partial charge in [-0.1, -0.05) is 91.0 Å². The number of imidazole rings is 1. The summed E-state index contributed by atoms with van der Waals surface area (Å²) < 4.78 is 3.40. The molecule has 0 amide bonds. The van der Waals surface area contributed by atoms with E-state index in [1.165, 1.54) is 4.57 Å². The maximum absolute atomic E-state index is 13.2. The van der Waals surface area contributed by atoms with Gasteiger partial charge in [0, 0.05) is 13.6 Å². The number of hydrogen-bond acceptors (Lipinski definition) is 5. The number of anilines is 1. The number of nitrogens with zero attached hydrogens (tertiary/aromatic N) is 4. The molecule has 2 heterocycles. The molecule has 7 heteroatoms. The molecule has 170 valence electrons. The highest BCUT2D eigenvalue weighted by atomic mass is 16.3. The molecule has 0 fully saturated rings. The molecule has 34 heavy (non-hydrogen) atoms. The van der Waals surface area contributed by atoms with E-state index in [0.717, 1.165) is 16.7 Å². The number of aliphatic hydroxyl groups is 1. The summed E-state index contributed by atoms with van der Waals surface area (Å²) in [7, 11) is 1.65. The fraction of sp³-hybridized carbons (Fsp3) is 0.148. The van der Waals surface area contributed by atoms with Crippen molar-refractivity contribution < 1.29 is 5.11 Å². The predicted molar refractivity (Wildman–Crippen MR) is 133 cm³/mol. The van der Waals surface area contributed by atoms with Crippen molar-refractivity contribution in [3.8, 4) is 0 Å². The lowest BCUT2D eigenvalue weighted by Gasteiger charge is -2.37. The number of fused-ring (bicyclic) bond motifs is 1. The molecule has 0 bridgehead atoms. The summed E-state index contributed by atoms with van der Waals surface area (Å²) in [5, 5.41) is 12.3. The van der Waals surface area contributed by atoms with Crippen LogP contribution in [0.5, 0.6) is 0 Å². The van der Waals surface area contributed by atoms with Crippen molar-refractivity contribution >= 4 is 17.1 Å². The summed E-state index contributed by atoms with van der Waals surface area (Å²) in [6.07, 6.45) is 1.70. The minimum atomic E-state index is -0.827. The van der Waals surface area contributed by atoms with Gasteiger partial charge in [0.05, 0.1) is 12.9 Å². The van der Waals surface area contributed by atoms with Gasteiger partial charge in [-0.15, -0.1) is 0 Å². The van der Waals surface area contributed by atoms with Gasteiger partial charge in [0.2, 0.25) is 5.95 Å². The Balaban J connectivity index is 1.93. The van der Waals surface area contributed by atoms with E-state index in [0.29, 0.717) is 11.6 Å². The van der Waals surface area contributed by atoms with Crippen molar-refractivity contribution in [3.63, 3.8) is 0 Å². The van der Waals surface area contributed by atoms with Gasteiger partial charge in [-0.05, 0) is 16.7 Å². The van der Waals surface area contributed by atoms with Crippen LogP contribution in [-0.2, 0) is 12.6 Å². The zero-order valence-electron chi connectivity index (χ0n) is 18.8. The molecule has 0 unspecified atom stereocenters. The van der Waals surface area contributed by atoms with Gasteiger partial charge in [-0.3, -0.25) is 13.9 Å². The van der Waals surface area contributed by atoms with Crippen molar-refractivity contribution in [1.82, 2.24) is 19.1 Å². The Labute approximate surface area is 197 Å². The second-order valence-electron chi connectivity index (χ2n) is 8.05. The summed E-state index contributed by atoms with van der Waals surface area (Å²) in [5.74, 6) is 0.372. The molecule has 0 atom stereocenters. The third kappa shape index (κ3) is 3.38. The van der Waals surface area contributed by atoms with Crippen LogP contribution in [0.4, 0.5) is 5.95 Å². The van der Waals surface area contributed by atoms with Gasteiger partial charge in [0.15, 0.2) is 11.2 Å². The molecule has 0 aliphatic rings. The third-order valence-electron chi connectivity index (χ3n) is 6.11. The van der Waals surface area contributed by atoms with Crippen LogP contribution >= 0.6 is 0 Å². The Kier molecular flexibility index (Phi) is 5.69. The fourth-order valence-corrected chi connectivity index (χ4v) is 4.56. The fourth-order valence-electron chi connectivity index (χ4n) is 4.56. The first kappa shape index (κ1) is 21.6. The quantitative estimate of drug-likeness (QED) is 0.371. The summed E-state index contributed by atoms with van der Waals surface area (Å²) >= 11 is 0. The first-order chi connectivity index (χ1) is 16.7. The SMILES string of the molecule is Cn1c(NCCO)nc2c(ncn2C(c2ccccc2)(c2ccccc2)c2ccccc2)c1=O. The van der Waals surface area contributed by atoms with E-state index < -0.39 is 5.54 Å². The Morgan fingerprint density at radius 3 is 1.82 bits per heavy atom. The first-order valence-corrected chi connectivity index (χ1v) is 11.1. The van der Waals surface area contributed by atoms with Crippen LogP contribution in [0.15, 0.2) is 102 Å². The van der Waals surface area contributed by atoms with Gasteiger partial charge in [-0.2, -0.15) is 4.98 Å². The highest BCUT2D eigenvalue weighted by molar-refractivity contribution is 5.73. The molecule has 0 spiro atoms. The predicted octanol–water partition coefficient (Wildman–Crippen LogP) is 3.37. The third-order valence-corrected chi connectivity index (χ3v) is 6.11. The Morgan fingerprint density at radius 2 is 1.35 bits per heavy atom. The normalized spacial score (nSPS) is 11.6. The summed E-state index contributed by atoms with van der Waals surface area (Å²) in [6.45, 7) is 0.205. The number of nitrogens with one attached hydrogen (secondary N) is 1. The molecule has 5 rings (SSSR count).